The van der Waals surface area contributed by atoms with Crippen molar-refractivity contribution in [2.45, 2.75) is 23.8 Å². The zero-order valence-corrected chi connectivity index (χ0v) is 15.4. The van der Waals surface area contributed by atoms with E-state index < -0.39 is 37.8 Å². The summed E-state index contributed by atoms with van der Waals surface area (Å²) in [5.41, 5.74) is -0.526. The maximum absolute atomic E-state index is 14.7. The molecule has 0 heterocycles. The second-order valence-electron chi connectivity index (χ2n) is 5.56. The van der Waals surface area contributed by atoms with E-state index in [1.54, 1.807) is 4.72 Å². The first-order valence-electron chi connectivity index (χ1n) is 7.96. The molecule has 1 atom stereocenters. The topological polar surface area (TPSA) is 116 Å². The van der Waals surface area contributed by atoms with Crippen LogP contribution in [-0.4, -0.2) is 31.8 Å². The molecule has 2 rings (SSSR count). The second kappa shape index (κ2) is 8.40. The van der Waals surface area contributed by atoms with Gasteiger partial charge in [-0.25, -0.2) is 13.2 Å². The van der Waals surface area contributed by atoms with Crippen LogP contribution in [0.15, 0.2) is 59.5 Å². The quantitative estimate of drug-likeness (QED) is 0.403. The molecule has 2 aromatic rings. The van der Waals surface area contributed by atoms with Crippen molar-refractivity contribution in [2.75, 3.05) is 6.61 Å². The van der Waals surface area contributed by atoms with Gasteiger partial charge in [0.2, 0.25) is 10.0 Å². The molecule has 1 N–H and O–H groups in total. The molecule has 11 heteroatoms. The number of alkyl halides is 2. The maximum Gasteiger partial charge on any atom is 0.379 e. The van der Waals surface area contributed by atoms with Gasteiger partial charge in [0, 0.05) is 12.1 Å². The number of sulfonamides is 1. The van der Waals surface area contributed by atoms with Crippen LogP contribution in [0.5, 0.6) is 0 Å². The third-order valence-electron chi connectivity index (χ3n) is 3.67. The zero-order chi connectivity index (χ0) is 20.9. The zero-order valence-electron chi connectivity index (χ0n) is 14.5. The third-order valence-corrected chi connectivity index (χ3v) is 5.11. The van der Waals surface area contributed by atoms with E-state index in [2.05, 4.69) is 4.74 Å². The molecule has 0 aliphatic carbocycles. The van der Waals surface area contributed by atoms with Gasteiger partial charge in [0.05, 0.1) is 16.4 Å². The summed E-state index contributed by atoms with van der Waals surface area (Å²) in [5, 5.41) is 10.7. The Balaban J connectivity index is 2.44. The lowest BCUT2D eigenvalue weighted by Crippen LogP contribution is -2.46. The van der Waals surface area contributed by atoms with Crippen molar-refractivity contribution in [2.24, 2.45) is 0 Å². The summed E-state index contributed by atoms with van der Waals surface area (Å²) in [6.45, 7) is 1.03. The molecule has 2 aromatic carbocycles. The van der Waals surface area contributed by atoms with Gasteiger partial charge in [0.25, 0.3) is 5.69 Å². The molecule has 150 valence electrons. The Morgan fingerprint density at radius 3 is 2.25 bits per heavy atom. The van der Waals surface area contributed by atoms with Crippen LogP contribution >= 0.6 is 0 Å². The summed E-state index contributed by atoms with van der Waals surface area (Å²) < 4.78 is 60.7. The van der Waals surface area contributed by atoms with E-state index in [-0.39, 0.29) is 17.9 Å². The number of rotatable bonds is 8. The highest BCUT2D eigenvalue weighted by Gasteiger charge is 2.51. The molecule has 1 unspecified atom stereocenters. The molecule has 0 saturated heterocycles. The first-order valence-corrected chi connectivity index (χ1v) is 9.44. The van der Waals surface area contributed by atoms with Crippen LogP contribution < -0.4 is 4.72 Å². The minimum absolute atomic E-state index is 0.161. The lowest BCUT2D eigenvalue weighted by Gasteiger charge is -2.26. The Kier molecular flexibility index (Phi) is 6.41. The first kappa shape index (κ1) is 21.4. The number of hydrogen-bond acceptors (Lipinski definition) is 6. The van der Waals surface area contributed by atoms with Gasteiger partial charge in [-0.3, -0.25) is 10.1 Å². The lowest BCUT2D eigenvalue weighted by molar-refractivity contribution is -0.384. The Morgan fingerprint density at radius 2 is 1.75 bits per heavy atom. The van der Waals surface area contributed by atoms with E-state index in [1.807, 2.05) is 0 Å². The number of ether oxygens (including phenoxy) is 1. The molecule has 0 aliphatic heterocycles. The van der Waals surface area contributed by atoms with Crippen molar-refractivity contribution in [3.8, 4) is 0 Å². The standard InChI is InChI=1S/C17H16F2N2O6S/c1-2-27-16(22)17(18,19)15(12-6-4-3-5-7-12)20-28(25,26)14-10-8-13(9-11-14)21(23)24/h3-11,15,20H,2H2,1H3. The summed E-state index contributed by atoms with van der Waals surface area (Å²) in [6, 6.07) is 8.24. The van der Waals surface area contributed by atoms with E-state index in [9.17, 15) is 32.1 Å². The van der Waals surface area contributed by atoms with Crippen molar-refractivity contribution >= 4 is 21.7 Å². The number of carbonyl (C=O) groups excluding carboxylic acids is 1. The van der Waals surface area contributed by atoms with Crippen LogP contribution in [-0.2, 0) is 19.6 Å². The maximum atomic E-state index is 14.7. The Bertz CT molecular complexity index is 949. The van der Waals surface area contributed by atoms with E-state index in [1.165, 1.54) is 37.3 Å². The molecule has 0 aromatic heterocycles. The summed E-state index contributed by atoms with van der Waals surface area (Å²) in [6.07, 6.45) is 0. The molecule has 0 spiro atoms. The van der Waals surface area contributed by atoms with Gasteiger partial charge in [-0.15, -0.1) is 0 Å². The molecule has 0 fully saturated rings. The van der Waals surface area contributed by atoms with E-state index in [0.29, 0.717) is 0 Å². The fourth-order valence-electron chi connectivity index (χ4n) is 2.31. The van der Waals surface area contributed by atoms with Crippen LogP contribution in [0, 0.1) is 10.1 Å². The van der Waals surface area contributed by atoms with E-state index >= 15 is 0 Å². The fraction of sp³-hybridized carbons (Fsp3) is 0.235. The van der Waals surface area contributed by atoms with Gasteiger partial charge in [-0.1, -0.05) is 30.3 Å². The lowest BCUT2D eigenvalue weighted by atomic mass is 10.0. The number of benzene rings is 2. The Labute approximate surface area is 159 Å². The average Bonchev–Trinajstić information content (AvgIpc) is 2.67. The van der Waals surface area contributed by atoms with Crippen LogP contribution in [0.2, 0.25) is 0 Å². The molecule has 8 nitrogen and oxygen atoms in total. The molecular formula is C17H16F2N2O6S. The predicted molar refractivity (Wildman–Crippen MR) is 94.2 cm³/mol. The Morgan fingerprint density at radius 1 is 1.18 bits per heavy atom. The Hall–Kier alpha value is -2.92. The molecule has 0 saturated carbocycles. The highest BCUT2D eigenvalue weighted by Crippen LogP contribution is 2.34. The minimum atomic E-state index is -4.54. The number of hydrogen-bond donors (Lipinski definition) is 1. The van der Waals surface area contributed by atoms with Crippen molar-refractivity contribution in [3.05, 3.63) is 70.3 Å². The smallest absolute Gasteiger partial charge is 0.379 e. The second-order valence-corrected chi connectivity index (χ2v) is 7.27. The largest absolute Gasteiger partial charge is 0.462 e. The average molecular weight is 414 g/mol. The van der Waals surface area contributed by atoms with Crippen LogP contribution in [0.3, 0.4) is 0 Å². The highest BCUT2D eigenvalue weighted by molar-refractivity contribution is 7.89. The van der Waals surface area contributed by atoms with Gasteiger partial charge >= 0.3 is 11.9 Å². The van der Waals surface area contributed by atoms with Crippen LogP contribution in [0.1, 0.15) is 18.5 Å². The van der Waals surface area contributed by atoms with Crippen molar-refractivity contribution in [1.82, 2.24) is 4.72 Å². The number of nitro groups is 1. The van der Waals surface area contributed by atoms with Gasteiger partial charge in [-0.05, 0) is 24.6 Å². The molecular weight excluding hydrogens is 398 g/mol. The monoisotopic (exact) mass is 414 g/mol. The number of halogens is 2. The van der Waals surface area contributed by atoms with Gasteiger partial charge in [0.1, 0.15) is 6.04 Å². The van der Waals surface area contributed by atoms with Crippen LogP contribution in [0.25, 0.3) is 0 Å². The number of nitro benzene ring substituents is 1. The van der Waals surface area contributed by atoms with Crippen molar-refractivity contribution in [3.63, 3.8) is 0 Å². The minimum Gasteiger partial charge on any atom is -0.462 e. The number of nitrogens with one attached hydrogen (secondary N) is 1. The van der Waals surface area contributed by atoms with Crippen LogP contribution in [0.4, 0.5) is 14.5 Å². The summed E-state index contributed by atoms with van der Waals surface area (Å²) in [7, 11) is -4.54. The number of carbonyl (C=O) groups is 1. The fourth-order valence-corrected chi connectivity index (χ4v) is 3.54. The number of nitrogens with zero attached hydrogens (tertiary/aromatic N) is 1. The third kappa shape index (κ3) is 4.67. The summed E-state index contributed by atoms with van der Waals surface area (Å²) >= 11 is 0. The molecule has 0 amide bonds. The number of esters is 1. The SMILES string of the molecule is CCOC(=O)C(F)(F)C(NS(=O)(=O)c1ccc([N+](=O)[O-])cc1)c1ccccc1. The molecule has 0 radical (unpaired) electrons. The van der Waals surface area contributed by atoms with Crippen molar-refractivity contribution < 1.29 is 31.7 Å². The summed E-state index contributed by atoms with van der Waals surface area (Å²) in [4.78, 5) is 21.2. The summed E-state index contributed by atoms with van der Waals surface area (Å²) in [5.74, 6) is -6.08. The molecule has 0 aliphatic rings. The van der Waals surface area contributed by atoms with Gasteiger partial charge in [-0.2, -0.15) is 13.5 Å². The molecule has 0 bridgehead atoms. The van der Waals surface area contributed by atoms with Gasteiger partial charge in [0.15, 0.2) is 0 Å². The predicted octanol–water partition coefficient (Wildman–Crippen LogP) is 2.81. The number of non-ortho nitro benzene ring substituents is 1. The normalized spacial score (nSPS) is 13.0. The van der Waals surface area contributed by atoms with Gasteiger partial charge < -0.3 is 4.74 Å². The van der Waals surface area contributed by atoms with E-state index in [4.69, 9.17) is 0 Å². The van der Waals surface area contributed by atoms with E-state index in [0.717, 1.165) is 24.3 Å². The van der Waals surface area contributed by atoms with Crippen molar-refractivity contribution in [1.29, 1.82) is 0 Å². The highest BCUT2D eigenvalue weighted by atomic mass is 32.2. The molecule has 28 heavy (non-hydrogen) atoms. The first-order chi connectivity index (χ1) is 13.1.